The predicted octanol–water partition coefficient (Wildman–Crippen LogP) is 1.56. The van der Waals surface area contributed by atoms with Gasteiger partial charge in [-0.15, -0.1) is 11.3 Å². The Hall–Kier alpha value is -1.35. The first kappa shape index (κ1) is 15.0. The highest BCUT2D eigenvalue weighted by Gasteiger charge is 2.21. The molecule has 0 saturated heterocycles. The largest absolute Gasteiger partial charge is 0.379 e. The number of nitrogens with two attached hydrogens (primary N) is 1. The van der Waals surface area contributed by atoms with Gasteiger partial charge in [-0.05, 0) is 30.9 Å². The number of thiophene rings is 1. The molecule has 0 atom stereocenters. The first-order valence-electron chi connectivity index (χ1n) is 6.82. The van der Waals surface area contributed by atoms with Crippen molar-refractivity contribution in [2.75, 3.05) is 33.4 Å². The van der Waals surface area contributed by atoms with Gasteiger partial charge in [0.15, 0.2) is 0 Å². The van der Waals surface area contributed by atoms with Crippen LogP contribution in [0.1, 0.15) is 27.4 Å². The molecule has 0 aliphatic heterocycles. The number of carbonyl (C=O) groups is 1. The van der Waals surface area contributed by atoms with E-state index >= 15 is 0 Å². The van der Waals surface area contributed by atoms with E-state index in [1.807, 2.05) is 12.1 Å². The van der Waals surface area contributed by atoms with E-state index in [9.17, 15) is 4.79 Å². The fourth-order valence-corrected chi connectivity index (χ4v) is 2.56. The molecule has 1 heterocycles. The third-order valence-corrected chi connectivity index (χ3v) is 4.09. The molecular formula is C15H20N2O2S. The van der Waals surface area contributed by atoms with Crippen molar-refractivity contribution >= 4 is 17.2 Å². The minimum Gasteiger partial charge on any atom is -0.379 e. The van der Waals surface area contributed by atoms with Crippen molar-refractivity contribution in [1.29, 1.82) is 0 Å². The zero-order valence-electron chi connectivity index (χ0n) is 11.7. The Morgan fingerprint density at radius 2 is 2.35 bits per heavy atom. The average molecular weight is 292 g/mol. The van der Waals surface area contributed by atoms with Gasteiger partial charge in [-0.25, -0.2) is 0 Å². The number of ether oxygens (including phenoxy) is 1. The van der Waals surface area contributed by atoms with Crippen LogP contribution in [0.3, 0.4) is 0 Å². The topological polar surface area (TPSA) is 55.6 Å². The van der Waals surface area contributed by atoms with Crippen LogP contribution in [0, 0.1) is 17.8 Å². The van der Waals surface area contributed by atoms with E-state index in [1.54, 1.807) is 11.9 Å². The number of hydrogen-bond acceptors (Lipinski definition) is 4. The zero-order valence-corrected chi connectivity index (χ0v) is 12.5. The highest BCUT2D eigenvalue weighted by Crippen LogP contribution is 2.28. The highest BCUT2D eigenvalue weighted by atomic mass is 32.1. The lowest BCUT2D eigenvalue weighted by molar-refractivity contribution is 0.0685. The van der Waals surface area contributed by atoms with E-state index in [4.69, 9.17) is 10.5 Å². The van der Waals surface area contributed by atoms with Crippen molar-refractivity contribution < 1.29 is 9.53 Å². The molecule has 1 aromatic heterocycles. The van der Waals surface area contributed by atoms with Crippen molar-refractivity contribution in [3.63, 3.8) is 0 Å². The van der Waals surface area contributed by atoms with Crippen molar-refractivity contribution in [1.82, 2.24) is 4.90 Å². The smallest absolute Gasteiger partial charge is 0.263 e. The Labute approximate surface area is 123 Å². The minimum absolute atomic E-state index is 0.0193. The van der Waals surface area contributed by atoms with Crippen LogP contribution in [0.15, 0.2) is 12.1 Å². The van der Waals surface area contributed by atoms with Crippen LogP contribution in [0.5, 0.6) is 0 Å². The van der Waals surface area contributed by atoms with E-state index in [-0.39, 0.29) is 5.91 Å². The first-order chi connectivity index (χ1) is 9.70. The maximum Gasteiger partial charge on any atom is 0.263 e. The fraction of sp³-hybridized carbons (Fsp3) is 0.533. The molecule has 2 N–H and O–H groups in total. The number of hydrogen-bond donors (Lipinski definition) is 1. The Balaban J connectivity index is 1.77. The van der Waals surface area contributed by atoms with Gasteiger partial charge in [-0.1, -0.05) is 11.8 Å². The van der Waals surface area contributed by atoms with E-state index < -0.39 is 0 Å². The van der Waals surface area contributed by atoms with Gasteiger partial charge < -0.3 is 15.4 Å². The second-order valence-corrected chi connectivity index (χ2v) is 6.00. The lowest BCUT2D eigenvalue weighted by Gasteiger charge is -2.16. The standard InChI is InChI=1S/C15H20N2O2S/c1-17(9-10-19-11-12-4-5-12)15(18)14-7-6-13(20-14)3-2-8-16/h6-7,12H,4-5,8-11,16H2,1H3. The molecule has 0 aromatic carbocycles. The van der Waals surface area contributed by atoms with Crippen molar-refractivity contribution in [2.45, 2.75) is 12.8 Å². The fourth-order valence-electron chi connectivity index (χ4n) is 1.68. The average Bonchev–Trinajstić information content (AvgIpc) is 3.16. The Morgan fingerprint density at radius 1 is 1.55 bits per heavy atom. The first-order valence-corrected chi connectivity index (χ1v) is 7.64. The van der Waals surface area contributed by atoms with Crippen LogP contribution in [0.4, 0.5) is 0 Å². The number of nitrogens with zero attached hydrogens (tertiary/aromatic N) is 1. The summed E-state index contributed by atoms with van der Waals surface area (Å²) in [4.78, 5) is 15.5. The zero-order chi connectivity index (χ0) is 14.4. The summed E-state index contributed by atoms with van der Waals surface area (Å²) in [6.45, 7) is 2.39. The van der Waals surface area contributed by atoms with Gasteiger partial charge in [-0.2, -0.15) is 0 Å². The summed E-state index contributed by atoms with van der Waals surface area (Å²) in [6.07, 6.45) is 2.58. The number of carbonyl (C=O) groups excluding carboxylic acids is 1. The van der Waals surface area contributed by atoms with Crippen molar-refractivity contribution in [2.24, 2.45) is 11.7 Å². The predicted molar refractivity (Wildman–Crippen MR) is 80.8 cm³/mol. The maximum atomic E-state index is 12.2. The second kappa shape index (κ2) is 7.44. The molecule has 0 spiro atoms. The molecule has 1 saturated carbocycles. The van der Waals surface area contributed by atoms with E-state index in [1.165, 1.54) is 24.2 Å². The molecule has 2 rings (SSSR count). The van der Waals surface area contributed by atoms with E-state index in [0.29, 0.717) is 24.6 Å². The molecule has 1 fully saturated rings. The summed E-state index contributed by atoms with van der Waals surface area (Å²) in [7, 11) is 1.80. The molecule has 1 aliphatic carbocycles. The molecule has 0 bridgehead atoms. The normalized spacial score (nSPS) is 13.7. The molecule has 1 aromatic rings. The molecule has 1 amide bonds. The Bertz CT molecular complexity index is 511. The van der Waals surface area contributed by atoms with Crippen LogP contribution in [-0.4, -0.2) is 44.2 Å². The minimum atomic E-state index is 0.0193. The summed E-state index contributed by atoms with van der Waals surface area (Å²) in [5.74, 6) is 6.51. The Morgan fingerprint density at radius 3 is 3.05 bits per heavy atom. The molecule has 0 radical (unpaired) electrons. The van der Waals surface area contributed by atoms with Crippen LogP contribution in [0.2, 0.25) is 0 Å². The van der Waals surface area contributed by atoms with Gasteiger partial charge in [0, 0.05) is 20.2 Å². The van der Waals surface area contributed by atoms with Gasteiger partial charge in [0.05, 0.1) is 22.9 Å². The third kappa shape index (κ3) is 4.64. The second-order valence-electron chi connectivity index (χ2n) is 4.91. The van der Waals surface area contributed by atoms with Crippen molar-refractivity contribution in [3.8, 4) is 11.8 Å². The van der Waals surface area contributed by atoms with Crippen LogP contribution >= 0.6 is 11.3 Å². The quantitative estimate of drug-likeness (QED) is 0.639. The van der Waals surface area contributed by atoms with E-state index in [2.05, 4.69) is 11.8 Å². The maximum absolute atomic E-state index is 12.2. The molecule has 20 heavy (non-hydrogen) atoms. The summed E-state index contributed by atoms with van der Waals surface area (Å²) in [5.41, 5.74) is 5.33. The van der Waals surface area contributed by atoms with Crippen LogP contribution < -0.4 is 5.73 Å². The SMILES string of the molecule is CN(CCOCC1CC1)C(=O)c1ccc(C#CCN)s1. The number of rotatable bonds is 6. The van der Waals surface area contributed by atoms with Crippen LogP contribution in [-0.2, 0) is 4.74 Å². The van der Waals surface area contributed by atoms with Gasteiger partial charge in [0.25, 0.3) is 5.91 Å². The molecule has 4 nitrogen and oxygen atoms in total. The summed E-state index contributed by atoms with van der Waals surface area (Å²) >= 11 is 1.40. The lowest BCUT2D eigenvalue weighted by atomic mass is 10.4. The van der Waals surface area contributed by atoms with Crippen LogP contribution in [0.25, 0.3) is 0 Å². The summed E-state index contributed by atoms with van der Waals surface area (Å²) in [5, 5.41) is 0. The molecule has 108 valence electrons. The lowest BCUT2D eigenvalue weighted by Crippen LogP contribution is -2.29. The molecule has 0 unspecified atom stereocenters. The number of likely N-dealkylation sites (N-methyl/N-ethyl adjacent to an activating group) is 1. The highest BCUT2D eigenvalue weighted by molar-refractivity contribution is 7.14. The van der Waals surface area contributed by atoms with Gasteiger partial charge in [0.2, 0.25) is 0 Å². The molecule has 5 heteroatoms. The van der Waals surface area contributed by atoms with Gasteiger partial charge in [0.1, 0.15) is 0 Å². The third-order valence-electron chi connectivity index (χ3n) is 3.10. The monoisotopic (exact) mass is 292 g/mol. The number of amides is 1. The molecule has 1 aliphatic rings. The van der Waals surface area contributed by atoms with Gasteiger partial charge >= 0.3 is 0 Å². The van der Waals surface area contributed by atoms with Gasteiger partial charge in [-0.3, -0.25) is 4.79 Å². The molecular weight excluding hydrogens is 272 g/mol. The van der Waals surface area contributed by atoms with Crippen molar-refractivity contribution in [3.05, 3.63) is 21.9 Å². The summed E-state index contributed by atoms with van der Waals surface area (Å²) < 4.78 is 5.55. The Kier molecular flexibility index (Phi) is 5.60. The van der Waals surface area contributed by atoms with E-state index in [0.717, 1.165) is 17.4 Å². The summed E-state index contributed by atoms with van der Waals surface area (Å²) in [6, 6.07) is 3.67.